The number of likely N-dealkylation sites (N-methyl/N-ethyl adjacent to an activating group) is 1. The van der Waals surface area contributed by atoms with Crippen LogP contribution in [0.1, 0.15) is 45.1 Å². The second kappa shape index (κ2) is 6.10. The predicted octanol–water partition coefficient (Wildman–Crippen LogP) is 3.26. The van der Waals surface area contributed by atoms with E-state index in [4.69, 9.17) is 10.2 Å². The van der Waals surface area contributed by atoms with E-state index in [1.165, 1.54) is 31.2 Å². The highest BCUT2D eigenvalue weighted by molar-refractivity contribution is 5.07. The first kappa shape index (κ1) is 14.6. The van der Waals surface area contributed by atoms with E-state index in [-0.39, 0.29) is 5.54 Å². The van der Waals surface area contributed by atoms with Crippen LogP contribution in [0.2, 0.25) is 0 Å². The minimum atomic E-state index is 0.171. The first-order valence-electron chi connectivity index (χ1n) is 7.50. The standard InChI is InChI=1S/C16H28N2O/c1-13(2)15-5-4-7-16(9-15,12-17)18(3)10-14-6-8-19-11-14/h6,8,11,13,15H,4-5,7,9-10,12,17H2,1-3H3. The summed E-state index contributed by atoms with van der Waals surface area (Å²) in [7, 11) is 2.21. The van der Waals surface area contributed by atoms with Gasteiger partial charge in [0, 0.05) is 24.2 Å². The molecule has 2 N–H and O–H groups in total. The van der Waals surface area contributed by atoms with Crippen LogP contribution in [0.5, 0.6) is 0 Å². The molecular formula is C16H28N2O. The Morgan fingerprint density at radius 2 is 2.32 bits per heavy atom. The second-order valence-corrected chi connectivity index (χ2v) is 6.52. The normalized spacial score (nSPS) is 28.2. The number of furan rings is 1. The van der Waals surface area contributed by atoms with Gasteiger partial charge in [-0.2, -0.15) is 0 Å². The third-order valence-corrected chi connectivity index (χ3v) is 4.99. The predicted molar refractivity (Wildman–Crippen MR) is 78.8 cm³/mol. The van der Waals surface area contributed by atoms with Crippen molar-refractivity contribution in [3.05, 3.63) is 24.2 Å². The largest absolute Gasteiger partial charge is 0.472 e. The SMILES string of the molecule is CC(C)C1CCCC(CN)(N(C)Cc2ccoc2)C1. The third-order valence-electron chi connectivity index (χ3n) is 4.99. The van der Waals surface area contributed by atoms with Crippen molar-refractivity contribution in [3.8, 4) is 0 Å². The van der Waals surface area contributed by atoms with Gasteiger partial charge in [-0.15, -0.1) is 0 Å². The molecule has 2 unspecified atom stereocenters. The van der Waals surface area contributed by atoms with Gasteiger partial charge in [0.05, 0.1) is 12.5 Å². The van der Waals surface area contributed by atoms with Crippen molar-refractivity contribution in [1.82, 2.24) is 4.90 Å². The molecule has 108 valence electrons. The van der Waals surface area contributed by atoms with E-state index in [1.54, 1.807) is 6.26 Å². The van der Waals surface area contributed by atoms with Crippen LogP contribution in [0.3, 0.4) is 0 Å². The Morgan fingerprint density at radius 1 is 1.53 bits per heavy atom. The molecule has 1 aliphatic rings. The molecule has 0 radical (unpaired) electrons. The van der Waals surface area contributed by atoms with Gasteiger partial charge in [0.2, 0.25) is 0 Å². The van der Waals surface area contributed by atoms with Crippen LogP contribution in [-0.4, -0.2) is 24.0 Å². The number of nitrogens with two attached hydrogens (primary N) is 1. The molecule has 0 spiro atoms. The van der Waals surface area contributed by atoms with E-state index in [0.29, 0.717) is 0 Å². The minimum Gasteiger partial charge on any atom is -0.472 e. The highest BCUT2D eigenvalue weighted by Gasteiger charge is 2.39. The fourth-order valence-electron chi connectivity index (χ4n) is 3.47. The van der Waals surface area contributed by atoms with Crippen molar-refractivity contribution in [2.24, 2.45) is 17.6 Å². The topological polar surface area (TPSA) is 42.4 Å². The van der Waals surface area contributed by atoms with Crippen molar-refractivity contribution in [2.45, 2.75) is 51.6 Å². The highest BCUT2D eigenvalue weighted by Crippen LogP contribution is 2.39. The van der Waals surface area contributed by atoms with Crippen molar-refractivity contribution < 1.29 is 4.42 Å². The molecule has 0 amide bonds. The molecular weight excluding hydrogens is 236 g/mol. The van der Waals surface area contributed by atoms with Crippen LogP contribution in [0.25, 0.3) is 0 Å². The van der Waals surface area contributed by atoms with Gasteiger partial charge in [-0.1, -0.05) is 26.7 Å². The summed E-state index contributed by atoms with van der Waals surface area (Å²) in [5.74, 6) is 1.57. The second-order valence-electron chi connectivity index (χ2n) is 6.52. The van der Waals surface area contributed by atoms with E-state index in [2.05, 4.69) is 25.8 Å². The van der Waals surface area contributed by atoms with E-state index in [9.17, 15) is 0 Å². The molecule has 0 aliphatic heterocycles. The molecule has 1 aromatic heterocycles. The zero-order valence-corrected chi connectivity index (χ0v) is 12.6. The van der Waals surface area contributed by atoms with Gasteiger partial charge in [0.1, 0.15) is 0 Å². The molecule has 0 aromatic carbocycles. The lowest BCUT2D eigenvalue weighted by molar-refractivity contribution is 0.0395. The van der Waals surface area contributed by atoms with E-state index < -0.39 is 0 Å². The average Bonchev–Trinajstić information content (AvgIpc) is 2.91. The van der Waals surface area contributed by atoms with Crippen LogP contribution in [0.15, 0.2) is 23.0 Å². The van der Waals surface area contributed by atoms with E-state index in [1.807, 2.05) is 12.3 Å². The molecule has 0 saturated heterocycles. The third kappa shape index (κ3) is 3.21. The van der Waals surface area contributed by atoms with Crippen molar-refractivity contribution in [2.75, 3.05) is 13.6 Å². The van der Waals surface area contributed by atoms with Gasteiger partial charge >= 0.3 is 0 Å². The molecule has 2 rings (SSSR count). The number of hydrogen-bond donors (Lipinski definition) is 1. The zero-order valence-electron chi connectivity index (χ0n) is 12.6. The molecule has 1 saturated carbocycles. The molecule has 2 atom stereocenters. The van der Waals surface area contributed by atoms with Gasteiger partial charge in [-0.05, 0) is 37.8 Å². The molecule has 3 nitrogen and oxygen atoms in total. The van der Waals surface area contributed by atoms with Crippen LogP contribution >= 0.6 is 0 Å². The number of nitrogens with zero attached hydrogens (tertiary/aromatic N) is 1. The molecule has 19 heavy (non-hydrogen) atoms. The first-order valence-corrected chi connectivity index (χ1v) is 7.50. The van der Waals surface area contributed by atoms with Crippen LogP contribution < -0.4 is 5.73 Å². The quantitative estimate of drug-likeness (QED) is 0.887. The molecule has 1 heterocycles. The van der Waals surface area contributed by atoms with Crippen molar-refractivity contribution in [3.63, 3.8) is 0 Å². The highest BCUT2D eigenvalue weighted by atomic mass is 16.3. The summed E-state index contributed by atoms with van der Waals surface area (Å²) < 4.78 is 5.17. The van der Waals surface area contributed by atoms with Crippen LogP contribution in [0, 0.1) is 11.8 Å². The van der Waals surface area contributed by atoms with Gasteiger partial charge in [-0.25, -0.2) is 0 Å². The monoisotopic (exact) mass is 264 g/mol. The average molecular weight is 264 g/mol. The Labute approximate surface area is 117 Å². The lowest BCUT2D eigenvalue weighted by atomic mass is 9.71. The van der Waals surface area contributed by atoms with Gasteiger partial charge in [-0.3, -0.25) is 4.90 Å². The summed E-state index contributed by atoms with van der Waals surface area (Å²) in [5.41, 5.74) is 7.57. The van der Waals surface area contributed by atoms with Crippen molar-refractivity contribution >= 4 is 0 Å². The lowest BCUT2D eigenvalue weighted by Crippen LogP contribution is -2.54. The molecule has 1 aromatic rings. The molecule has 0 bridgehead atoms. The number of hydrogen-bond acceptors (Lipinski definition) is 3. The molecule has 1 fully saturated rings. The molecule has 3 heteroatoms. The summed E-state index contributed by atoms with van der Waals surface area (Å²) in [6, 6.07) is 2.05. The summed E-state index contributed by atoms with van der Waals surface area (Å²) in [6.45, 7) is 6.36. The Bertz CT molecular complexity index is 374. The Morgan fingerprint density at radius 3 is 2.89 bits per heavy atom. The zero-order chi connectivity index (χ0) is 13.9. The van der Waals surface area contributed by atoms with Crippen LogP contribution in [0.4, 0.5) is 0 Å². The Kier molecular flexibility index (Phi) is 4.69. The maximum atomic E-state index is 6.17. The van der Waals surface area contributed by atoms with E-state index in [0.717, 1.165) is 24.9 Å². The summed E-state index contributed by atoms with van der Waals surface area (Å²) in [6.07, 6.45) is 8.70. The fourth-order valence-corrected chi connectivity index (χ4v) is 3.47. The maximum Gasteiger partial charge on any atom is 0.0947 e. The fraction of sp³-hybridized carbons (Fsp3) is 0.750. The molecule has 1 aliphatic carbocycles. The van der Waals surface area contributed by atoms with Gasteiger partial charge in [0.25, 0.3) is 0 Å². The Hall–Kier alpha value is -0.800. The van der Waals surface area contributed by atoms with Crippen LogP contribution in [-0.2, 0) is 6.54 Å². The smallest absolute Gasteiger partial charge is 0.0947 e. The van der Waals surface area contributed by atoms with Gasteiger partial charge in [0.15, 0.2) is 0 Å². The first-order chi connectivity index (χ1) is 9.07. The van der Waals surface area contributed by atoms with E-state index >= 15 is 0 Å². The Balaban J connectivity index is 2.07. The summed E-state index contributed by atoms with van der Waals surface area (Å²) in [5, 5.41) is 0. The van der Waals surface area contributed by atoms with Gasteiger partial charge < -0.3 is 10.2 Å². The van der Waals surface area contributed by atoms with Crippen molar-refractivity contribution in [1.29, 1.82) is 0 Å². The maximum absolute atomic E-state index is 6.17. The lowest BCUT2D eigenvalue weighted by Gasteiger charge is -2.47. The summed E-state index contributed by atoms with van der Waals surface area (Å²) in [4.78, 5) is 2.45. The number of rotatable bonds is 5. The summed E-state index contributed by atoms with van der Waals surface area (Å²) >= 11 is 0. The minimum absolute atomic E-state index is 0.171.